The van der Waals surface area contributed by atoms with Crippen LogP contribution in [-0.4, -0.2) is 17.3 Å². The van der Waals surface area contributed by atoms with E-state index in [2.05, 4.69) is 0 Å². The van der Waals surface area contributed by atoms with Crippen molar-refractivity contribution in [3.63, 3.8) is 0 Å². The van der Waals surface area contributed by atoms with Crippen LogP contribution < -0.4 is 14.4 Å². The first-order valence-corrected chi connectivity index (χ1v) is 11.1. The second-order valence-electron chi connectivity index (χ2n) is 7.07. The monoisotopic (exact) mass is 465 g/mol. The smallest absolute Gasteiger partial charge is 0.270 e. The van der Waals surface area contributed by atoms with E-state index in [9.17, 15) is 9.18 Å². The van der Waals surface area contributed by atoms with E-state index in [1.54, 1.807) is 13.2 Å². The van der Waals surface area contributed by atoms with E-state index in [0.717, 1.165) is 11.1 Å². The summed E-state index contributed by atoms with van der Waals surface area (Å²) in [5.74, 6) is 0.560. The molecule has 32 heavy (non-hydrogen) atoms. The third kappa shape index (κ3) is 4.69. The molecule has 0 radical (unpaired) electrons. The second kappa shape index (κ2) is 9.54. The van der Waals surface area contributed by atoms with Gasteiger partial charge in [0.25, 0.3) is 5.91 Å². The molecular weight excluding hydrogens is 445 g/mol. The molecule has 0 aromatic heterocycles. The van der Waals surface area contributed by atoms with Gasteiger partial charge in [0, 0.05) is 0 Å². The van der Waals surface area contributed by atoms with Crippen molar-refractivity contribution in [2.24, 2.45) is 0 Å². The average Bonchev–Trinajstić information content (AvgIpc) is 3.08. The normalized spacial score (nSPS) is 15.8. The minimum atomic E-state index is -0.370. The van der Waals surface area contributed by atoms with Crippen LogP contribution in [0.3, 0.4) is 0 Å². The van der Waals surface area contributed by atoms with Gasteiger partial charge in [-0.3, -0.25) is 9.69 Å². The maximum absolute atomic E-state index is 13.2. The molecule has 4 nitrogen and oxygen atoms in total. The zero-order chi connectivity index (χ0) is 22.7. The van der Waals surface area contributed by atoms with Crippen LogP contribution in [-0.2, 0) is 4.79 Å². The van der Waals surface area contributed by atoms with Crippen molar-refractivity contribution in [1.82, 2.24) is 0 Å². The van der Waals surface area contributed by atoms with Crippen LogP contribution in [0.15, 0.2) is 77.7 Å². The molecule has 1 aliphatic heterocycles. The number of amides is 1. The molecule has 0 bridgehead atoms. The highest BCUT2D eigenvalue weighted by atomic mass is 32.2. The van der Waals surface area contributed by atoms with Crippen LogP contribution in [0.2, 0.25) is 0 Å². The van der Waals surface area contributed by atoms with E-state index in [1.807, 2.05) is 55.5 Å². The quantitative estimate of drug-likeness (QED) is 0.312. The number of halogens is 1. The fourth-order valence-corrected chi connectivity index (χ4v) is 4.58. The number of carbonyl (C=O) groups is 1. The van der Waals surface area contributed by atoms with E-state index >= 15 is 0 Å². The first kappa shape index (κ1) is 22.0. The molecule has 162 valence electrons. The van der Waals surface area contributed by atoms with Crippen LogP contribution >= 0.6 is 24.0 Å². The van der Waals surface area contributed by atoms with Crippen molar-refractivity contribution >= 4 is 46.0 Å². The van der Waals surface area contributed by atoms with Crippen molar-refractivity contribution < 1.29 is 18.7 Å². The lowest BCUT2D eigenvalue weighted by molar-refractivity contribution is -0.113. The topological polar surface area (TPSA) is 38.8 Å². The van der Waals surface area contributed by atoms with Crippen LogP contribution in [0.4, 0.5) is 10.1 Å². The summed E-state index contributed by atoms with van der Waals surface area (Å²) in [7, 11) is 1.58. The summed E-state index contributed by atoms with van der Waals surface area (Å²) in [6.45, 7) is 1.98. The van der Waals surface area contributed by atoms with Gasteiger partial charge in [-0.25, -0.2) is 4.39 Å². The summed E-state index contributed by atoms with van der Waals surface area (Å²) in [6, 6.07) is 21.1. The average molecular weight is 466 g/mol. The summed E-state index contributed by atoms with van der Waals surface area (Å²) in [4.78, 5) is 14.8. The van der Waals surface area contributed by atoms with Crippen molar-refractivity contribution in [1.29, 1.82) is 0 Å². The van der Waals surface area contributed by atoms with Crippen LogP contribution in [0, 0.1) is 5.82 Å². The van der Waals surface area contributed by atoms with E-state index in [-0.39, 0.29) is 17.8 Å². The lowest BCUT2D eigenvalue weighted by atomic mass is 10.1. The number of ether oxygens (including phenoxy) is 2. The number of carbonyl (C=O) groups excluding carboxylic acids is 1. The Balaban J connectivity index is 1.56. The van der Waals surface area contributed by atoms with Gasteiger partial charge in [0.2, 0.25) is 0 Å². The molecule has 1 unspecified atom stereocenters. The minimum Gasteiger partial charge on any atom is -0.493 e. The maximum atomic E-state index is 13.2. The largest absolute Gasteiger partial charge is 0.493 e. The van der Waals surface area contributed by atoms with Crippen molar-refractivity contribution in [2.45, 2.75) is 13.0 Å². The maximum Gasteiger partial charge on any atom is 0.270 e. The zero-order valence-electron chi connectivity index (χ0n) is 17.4. The predicted molar refractivity (Wildman–Crippen MR) is 131 cm³/mol. The van der Waals surface area contributed by atoms with Gasteiger partial charge in [0.1, 0.15) is 11.9 Å². The predicted octanol–water partition coefficient (Wildman–Crippen LogP) is 6.38. The molecule has 7 heteroatoms. The molecule has 0 N–H and O–H groups in total. The standard InChI is InChI=1S/C25H20FNO3S2/c1-16(18-6-4-3-5-7-18)30-21-13-8-17(14-22(21)29-2)15-23-24(28)27(25(31)32-23)20-11-9-19(26)10-12-20/h3-16H,1-2H3/b23-15-. The molecule has 0 aliphatic carbocycles. The van der Waals surface area contributed by atoms with Crippen molar-refractivity contribution in [2.75, 3.05) is 12.0 Å². The second-order valence-corrected chi connectivity index (χ2v) is 8.75. The summed E-state index contributed by atoms with van der Waals surface area (Å²) in [5, 5.41) is 0. The van der Waals surface area contributed by atoms with Gasteiger partial charge >= 0.3 is 0 Å². The molecule has 3 aromatic carbocycles. The van der Waals surface area contributed by atoms with Gasteiger partial charge in [0.05, 0.1) is 17.7 Å². The Kier molecular flexibility index (Phi) is 6.58. The first-order chi connectivity index (χ1) is 15.5. The third-order valence-electron chi connectivity index (χ3n) is 4.94. The minimum absolute atomic E-state index is 0.150. The number of anilines is 1. The Morgan fingerprint density at radius 2 is 1.75 bits per heavy atom. The summed E-state index contributed by atoms with van der Waals surface area (Å²) in [6.07, 6.45) is 1.61. The molecule has 1 aliphatic rings. The van der Waals surface area contributed by atoms with Gasteiger partial charge < -0.3 is 9.47 Å². The number of hydrogen-bond acceptors (Lipinski definition) is 5. The molecule has 0 saturated carbocycles. The van der Waals surface area contributed by atoms with Crippen LogP contribution in [0.25, 0.3) is 6.08 Å². The molecule has 4 rings (SSSR count). The number of methoxy groups -OCH3 is 1. The SMILES string of the molecule is COc1cc(/C=C2\SC(=S)N(c3ccc(F)cc3)C2=O)ccc1OC(C)c1ccccc1. The van der Waals surface area contributed by atoms with Crippen molar-refractivity contribution in [3.8, 4) is 11.5 Å². The Labute approximate surface area is 195 Å². The summed E-state index contributed by atoms with van der Waals surface area (Å²) in [5.41, 5.74) is 2.37. The van der Waals surface area contributed by atoms with Gasteiger partial charge in [-0.1, -0.05) is 60.4 Å². The third-order valence-corrected chi connectivity index (χ3v) is 6.24. The lowest BCUT2D eigenvalue weighted by Gasteiger charge is -2.17. The number of benzene rings is 3. The Hall–Kier alpha value is -3.16. The van der Waals surface area contributed by atoms with Gasteiger partial charge in [0.15, 0.2) is 15.8 Å². The molecular formula is C25H20FNO3S2. The Morgan fingerprint density at radius 1 is 1.03 bits per heavy atom. The van der Waals surface area contributed by atoms with E-state index in [1.165, 1.54) is 40.9 Å². The zero-order valence-corrected chi connectivity index (χ0v) is 19.1. The van der Waals surface area contributed by atoms with Crippen LogP contribution in [0.1, 0.15) is 24.2 Å². The molecule has 3 aromatic rings. The molecule has 1 heterocycles. The lowest BCUT2D eigenvalue weighted by Crippen LogP contribution is -2.27. The summed E-state index contributed by atoms with van der Waals surface area (Å²) >= 11 is 6.58. The Bertz CT molecular complexity index is 1180. The highest BCUT2D eigenvalue weighted by Crippen LogP contribution is 2.38. The number of thiocarbonyl (C=S) groups is 1. The van der Waals surface area contributed by atoms with E-state index in [0.29, 0.717) is 26.4 Å². The number of nitrogens with zero attached hydrogens (tertiary/aromatic N) is 1. The fourth-order valence-electron chi connectivity index (χ4n) is 3.29. The molecule has 1 amide bonds. The fraction of sp³-hybridized carbons (Fsp3) is 0.120. The molecule has 0 spiro atoms. The summed E-state index contributed by atoms with van der Waals surface area (Å²) < 4.78 is 25.2. The highest BCUT2D eigenvalue weighted by molar-refractivity contribution is 8.27. The Morgan fingerprint density at radius 3 is 2.44 bits per heavy atom. The molecule has 1 atom stereocenters. The van der Waals surface area contributed by atoms with E-state index < -0.39 is 0 Å². The highest BCUT2D eigenvalue weighted by Gasteiger charge is 2.33. The van der Waals surface area contributed by atoms with Gasteiger partial charge in [-0.05, 0) is 60.5 Å². The van der Waals surface area contributed by atoms with Crippen molar-refractivity contribution in [3.05, 3.63) is 94.6 Å². The number of rotatable bonds is 6. The first-order valence-electron chi connectivity index (χ1n) is 9.89. The number of thioether (sulfide) groups is 1. The van der Waals surface area contributed by atoms with Crippen LogP contribution in [0.5, 0.6) is 11.5 Å². The molecule has 1 fully saturated rings. The van der Waals surface area contributed by atoms with Gasteiger partial charge in [-0.2, -0.15) is 0 Å². The number of hydrogen-bond donors (Lipinski definition) is 0. The molecule has 1 saturated heterocycles. The van der Waals surface area contributed by atoms with E-state index in [4.69, 9.17) is 21.7 Å². The van der Waals surface area contributed by atoms with Gasteiger partial charge in [-0.15, -0.1) is 0 Å².